The second-order valence-corrected chi connectivity index (χ2v) is 6.56. The zero-order chi connectivity index (χ0) is 12.7. The van der Waals surface area contributed by atoms with E-state index in [-0.39, 0.29) is 0 Å². The van der Waals surface area contributed by atoms with Gasteiger partial charge >= 0.3 is 0 Å². The molecular formula is C17H34. The highest BCUT2D eigenvalue weighted by Gasteiger charge is 2.40. The van der Waals surface area contributed by atoms with Gasteiger partial charge in [-0.3, -0.25) is 0 Å². The fraction of sp³-hybridized carbons (Fsp3) is 1.00. The van der Waals surface area contributed by atoms with E-state index in [1.807, 2.05) is 0 Å². The Balaban J connectivity index is 2.73. The van der Waals surface area contributed by atoms with Crippen molar-refractivity contribution in [2.24, 2.45) is 17.3 Å². The molecule has 0 aromatic carbocycles. The van der Waals surface area contributed by atoms with E-state index in [0.717, 1.165) is 17.3 Å². The molecule has 1 fully saturated rings. The van der Waals surface area contributed by atoms with Gasteiger partial charge in [-0.2, -0.15) is 0 Å². The zero-order valence-corrected chi connectivity index (χ0v) is 12.7. The molecule has 0 N–H and O–H groups in total. The second kappa shape index (κ2) is 7.44. The Morgan fingerprint density at radius 2 is 1.53 bits per heavy atom. The summed E-state index contributed by atoms with van der Waals surface area (Å²) in [7, 11) is 0. The summed E-state index contributed by atoms with van der Waals surface area (Å²) >= 11 is 0. The summed E-state index contributed by atoms with van der Waals surface area (Å²) < 4.78 is 0. The minimum Gasteiger partial charge on any atom is -0.0654 e. The predicted octanol–water partition coefficient (Wildman–Crippen LogP) is 6.20. The molecule has 0 nitrogen and oxygen atoms in total. The summed E-state index contributed by atoms with van der Waals surface area (Å²) in [6, 6.07) is 0. The summed E-state index contributed by atoms with van der Waals surface area (Å²) in [6.07, 6.45) is 14.6. The van der Waals surface area contributed by atoms with Gasteiger partial charge in [0.1, 0.15) is 0 Å². The number of hydrogen-bond donors (Lipinski definition) is 0. The molecule has 0 heterocycles. The van der Waals surface area contributed by atoms with Crippen molar-refractivity contribution in [3.05, 3.63) is 0 Å². The first-order chi connectivity index (χ1) is 8.18. The number of hydrogen-bond acceptors (Lipinski definition) is 0. The molecule has 0 radical (unpaired) electrons. The molecule has 2 unspecified atom stereocenters. The third-order valence-corrected chi connectivity index (χ3v) is 5.18. The van der Waals surface area contributed by atoms with E-state index in [4.69, 9.17) is 0 Å². The molecule has 1 aliphatic carbocycles. The van der Waals surface area contributed by atoms with Crippen molar-refractivity contribution in [3.63, 3.8) is 0 Å². The molecule has 1 rings (SSSR count). The van der Waals surface area contributed by atoms with Crippen LogP contribution in [0.15, 0.2) is 0 Å². The maximum absolute atomic E-state index is 2.48. The fourth-order valence-corrected chi connectivity index (χ4v) is 4.19. The summed E-state index contributed by atoms with van der Waals surface area (Å²) in [5, 5.41) is 0. The van der Waals surface area contributed by atoms with Crippen molar-refractivity contribution in [2.75, 3.05) is 0 Å². The predicted molar refractivity (Wildman–Crippen MR) is 78.3 cm³/mol. The van der Waals surface area contributed by atoms with Crippen LogP contribution < -0.4 is 0 Å². The molecule has 1 aliphatic rings. The molecule has 1 saturated carbocycles. The van der Waals surface area contributed by atoms with Gasteiger partial charge in [-0.25, -0.2) is 0 Å². The molecule has 0 bridgehead atoms. The van der Waals surface area contributed by atoms with Gasteiger partial charge in [0.25, 0.3) is 0 Å². The van der Waals surface area contributed by atoms with Crippen molar-refractivity contribution in [1.82, 2.24) is 0 Å². The van der Waals surface area contributed by atoms with E-state index in [1.54, 1.807) is 0 Å². The van der Waals surface area contributed by atoms with Crippen LogP contribution in [0.5, 0.6) is 0 Å². The van der Waals surface area contributed by atoms with Crippen molar-refractivity contribution in [3.8, 4) is 0 Å². The summed E-state index contributed by atoms with van der Waals surface area (Å²) in [6.45, 7) is 9.60. The van der Waals surface area contributed by atoms with Gasteiger partial charge in [-0.1, -0.05) is 66.2 Å². The lowest BCUT2D eigenvalue weighted by molar-refractivity contribution is 0.0366. The lowest BCUT2D eigenvalue weighted by atomic mass is 9.58. The van der Waals surface area contributed by atoms with Crippen molar-refractivity contribution >= 4 is 0 Å². The lowest BCUT2D eigenvalue weighted by Gasteiger charge is -2.47. The van der Waals surface area contributed by atoms with Crippen LogP contribution in [0.4, 0.5) is 0 Å². The van der Waals surface area contributed by atoms with Crippen molar-refractivity contribution < 1.29 is 0 Å². The van der Waals surface area contributed by atoms with Crippen LogP contribution in [0.2, 0.25) is 0 Å². The molecule has 0 heteroatoms. The monoisotopic (exact) mass is 238 g/mol. The first kappa shape index (κ1) is 15.1. The summed E-state index contributed by atoms with van der Waals surface area (Å²) in [5.74, 6) is 2.00. The van der Waals surface area contributed by atoms with Crippen LogP contribution >= 0.6 is 0 Å². The molecule has 102 valence electrons. The Hall–Kier alpha value is 0. The van der Waals surface area contributed by atoms with E-state index in [9.17, 15) is 0 Å². The SMILES string of the molecule is CCCCC1(CCCC)CC(C)CCC1CC. The molecule has 0 saturated heterocycles. The molecule has 0 aromatic heterocycles. The van der Waals surface area contributed by atoms with E-state index in [2.05, 4.69) is 27.7 Å². The van der Waals surface area contributed by atoms with E-state index in [0.29, 0.717) is 0 Å². The van der Waals surface area contributed by atoms with E-state index in [1.165, 1.54) is 64.2 Å². The number of unbranched alkanes of at least 4 members (excludes halogenated alkanes) is 2. The minimum absolute atomic E-state index is 0.721. The van der Waals surface area contributed by atoms with Crippen LogP contribution in [0, 0.1) is 17.3 Å². The number of rotatable bonds is 7. The van der Waals surface area contributed by atoms with Gasteiger partial charge in [-0.15, -0.1) is 0 Å². The van der Waals surface area contributed by atoms with Crippen LogP contribution in [0.1, 0.15) is 91.9 Å². The van der Waals surface area contributed by atoms with Gasteiger partial charge in [0.2, 0.25) is 0 Å². The molecule has 0 aromatic rings. The average molecular weight is 238 g/mol. The van der Waals surface area contributed by atoms with Gasteiger partial charge in [-0.05, 0) is 42.9 Å². The topological polar surface area (TPSA) is 0 Å². The molecule has 2 atom stereocenters. The van der Waals surface area contributed by atoms with Gasteiger partial charge in [0, 0.05) is 0 Å². The van der Waals surface area contributed by atoms with Crippen molar-refractivity contribution in [1.29, 1.82) is 0 Å². The average Bonchev–Trinajstić information content (AvgIpc) is 2.34. The van der Waals surface area contributed by atoms with Gasteiger partial charge < -0.3 is 0 Å². The first-order valence-corrected chi connectivity index (χ1v) is 8.18. The first-order valence-electron chi connectivity index (χ1n) is 8.18. The van der Waals surface area contributed by atoms with Crippen LogP contribution in [-0.4, -0.2) is 0 Å². The van der Waals surface area contributed by atoms with E-state index < -0.39 is 0 Å². The second-order valence-electron chi connectivity index (χ2n) is 6.56. The smallest absolute Gasteiger partial charge is 0.0267 e. The Morgan fingerprint density at radius 1 is 0.941 bits per heavy atom. The Labute approximate surface area is 110 Å². The summed E-state index contributed by atoms with van der Waals surface area (Å²) in [4.78, 5) is 0. The van der Waals surface area contributed by atoms with Crippen LogP contribution in [0.3, 0.4) is 0 Å². The van der Waals surface area contributed by atoms with Crippen LogP contribution in [-0.2, 0) is 0 Å². The fourth-order valence-electron chi connectivity index (χ4n) is 4.19. The quantitative estimate of drug-likeness (QED) is 0.495. The zero-order valence-electron chi connectivity index (χ0n) is 12.7. The Morgan fingerprint density at radius 3 is 2.00 bits per heavy atom. The highest BCUT2D eigenvalue weighted by atomic mass is 14.5. The standard InChI is InChI=1S/C17H34/c1-5-8-12-17(13-9-6-2)14-15(4)10-11-16(17)7-3/h15-16H,5-14H2,1-4H3. The minimum atomic E-state index is 0.721. The molecule has 0 aliphatic heterocycles. The Kier molecular flexibility index (Phi) is 6.59. The van der Waals surface area contributed by atoms with E-state index >= 15 is 0 Å². The highest BCUT2D eigenvalue weighted by Crippen LogP contribution is 2.51. The van der Waals surface area contributed by atoms with Crippen LogP contribution in [0.25, 0.3) is 0 Å². The maximum atomic E-state index is 2.48. The summed E-state index contributed by atoms with van der Waals surface area (Å²) in [5.41, 5.74) is 0.721. The van der Waals surface area contributed by atoms with Crippen molar-refractivity contribution in [2.45, 2.75) is 91.9 Å². The third-order valence-electron chi connectivity index (χ3n) is 5.18. The molecular weight excluding hydrogens is 204 g/mol. The normalized spacial score (nSPS) is 28.2. The maximum Gasteiger partial charge on any atom is -0.0267 e. The molecule has 0 spiro atoms. The van der Waals surface area contributed by atoms with Gasteiger partial charge in [0.05, 0.1) is 0 Å². The third kappa shape index (κ3) is 4.00. The Bertz CT molecular complexity index is 186. The van der Waals surface area contributed by atoms with Gasteiger partial charge in [0.15, 0.2) is 0 Å². The highest BCUT2D eigenvalue weighted by molar-refractivity contribution is 4.91. The molecule has 0 amide bonds. The lowest BCUT2D eigenvalue weighted by Crippen LogP contribution is -2.36. The largest absolute Gasteiger partial charge is 0.0654 e. The molecule has 17 heavy (non-hydrogen) atoms.